The van der Waals surface area contributed by atoms with Crippen LogP contribution in [0.15, 0.2) is 36.4 Å². The zero-order valence-electron chi connectivity index (χ0n) is 14.4. The Balaban J connectivity index is 2.12. The third kappa shape index (κ3) is 5.55. The van der Waals surface area contributed by atoms with Crippen LogP contribution < -0.4 is 14.8 Å². The molecule has 6 heteroatoms. The van der Waals surface area contributed by atoms with E-state index in [0.29, 0.717) is 46.2 Å². The van der Waals surface area contributed by atoms with Crippen LogP contribution in [0.1, 0.15) is 29.8 Å². The fraction of sp³-hybridized carbons (Fsp3) is 0.316. The predicted octanol–water partition coefficient (Wildman–Crippen LogP) is 4.97. The Morgan fingerprint density at radius 3 is 2.60 bits per heavy atom. The molecular formula is C19H21Cl2NO3. The van der Waals surface area contributed by atoms with Crippen LogP contribution >= 0.6 is 23.2 Å². The topological polar surface area (TPSA) is 47.6 Å². The van der Waals surface area contributed by atoms with Gasteiger partial charge in [-0.15, -0.1) is 0 Å². The number of amides is 1. The summed E-state index contributed by atoms with van der Waals surface area (Å²) in [6.45, 7) is 4.96. The molecule has 0 unspecified atom stereocenters. The van der Waals surface area contributed by atoms with E-state index in [9.17, 15) is 4.79 Å². The van der Waals surface area contributed by atoms with Gasteiger partial charge in [0.05, 0.1) is 18.7 Å². The first kappa shape index (κ1) is 19.4. The third-order valence-electron chi connectivity index (χ3n) is 3.39. The molecule has 0 bridgehead atoms. The molecule has 0 fully saturated rings. The number of benzene rings is 2. The minimum absolute atomic E-state index is 0.254. The van der Waals surface area contributed by atoms with Gasteiger partial charge in [-0.2, -0.15) is 0 Å². The van der Waals surface area contributed by atoms with Crippen molar-refractivity contribution >= 4 is 29.1 Å². The molecule has 0 heterocycles. The number of hydrogen-bond acceptors (Lipinski definition) is 3. The molecule has 25 heavy (non-hydrogen) atoms. The average Bonchev–Trinajstić information content (AvgIpc) is 2.57. The summed E-state index contributed by atoms with van der Waals surface area (Å²) in [5, 5.41) is 3.81. The van der Waals surface area contributed by atoms with Crippen molar-refractivity contribution in [3.63, 3.8) is 0 Å². The molecule has 0 atom stereocenters. The Bertz CT molecular complexity index is 747. The van der Waals surface area contributed by atoms with Crippen molar-refractivity contribution in [2.24, 2.45) is 5.92 Å². The minimum Gasteiger partial charge on any atom is -0.493 e. The summed E-state index contributed by atoms with van der Waals surface area (Å²) in [5.74, 6) is 0.974. The lowest BCUT2D eigenvalue weighted by Crippen LogP contribution is -2.23. The highest BCUT2D eigenvalue weighted by atomic mass is 35.5. The van der Waals surface area contributed by atoms with E-state index in [4.69, 9.17) is 32.7 Å². The molecule has 2 rings (SSSR count). The molecule has 0 saturated heterocycles. The fourth-order valence-corrected chi connectivity index (χ4v) is 2.65. The second-order valence-corrected chi connectivity index (χ2v) is 6.85. The van der Waals surface area contributed by atoms with E-state index >= 15 is 0 Å². The van der Waals surface area contributed by atoms with Crippen molar-refractivity contribution < 1.29 is 14.3 Å². The van der Waals surface area contributed by atoms with Crippen molar-refractivity contribution in [3.8, 4) is 11.5 Å². The number of hydrogen-bond donors (Lipinski definition) is 1. The van der Waals surface area contributed by atoms with Gasteiger partial charge in [0, 0.05) is 17.1 Å². The Morgan fingerprint density at radius 2 is 1.96 bits per heavy atom. The van der Waals surface area contributed by atoms with E-state index < -0.39 is 0 Å². The lowest BCUT2D eigenvalue weighted by Gasteiger charge is -2.15. The summed E-state index contributed by atoms with van der Waals surface area (Å²) in [6.07, 6.45) is 0. The average molecular weight is 382 g/mol. The van der Waals surface area contributed by atoms with E-state index in [1.807, 2.05) is 26.0 Å². The van der Waals surface area contributed by atoms with Crippen LogP contribution in [0.4, 0.5) is 0 Å². The van der Waals surface area contributed by atoms with E-state index in [1.165, 1.54) is 7.11 Å². The van der Waals surface area contributed by atoms with Gasteiger partial charge in [0.2, 0.25) is 0 Å². The second-order valence-electron chi connectivity index (χ2n) is 6.01. The maximum Gasteiger partial charge on any atom is 0.251 e. The summed E-state index contributed by atoms with van der Waals surface area (Å²) in [4.78, 5) is 12.4. The Kier molecular flexibility index (Phi) is 6.97. The normalized spacial score (nSPS) is 10.6. The van der Waals surface area contributed by atoms with E-state index in [-0.39, 0.29) is 5.91 Å². The first-order chi connectivity index (χ1) is 11.9. The van der Waals surface area contributed by atoms with E-state index in [0.717, 1.165) is 5.56 Å². The zero-order chi connectivity index (χ0) is 18.4. The largest absolute Gasteiger partial charge is 0.493 e. The summed E-state index contributed by atoms with van der Waals surface area (Å²) >= 11 is 12.2. The maximum absolute atomic E-state index is 12.4. The van der Waals surface area contributed by atoms with Gasteiger partial charge in [-0.1, -0.05) is 49.2 Å². The minimum atomic E-state index is -0.254. The quantitative estimate of drug-likeness (QED) is 0.736. The van der Waals surface area contributed by atoms with Crippen LogP contribution in [-0.2, 0) is 6.54 Å². The number of methoxy groups -OCH3 is 1. The molecule has 0 spiro atoms. The smallest absolute Gasteiger partial charge is 0.251 e. The van der Waals surface area contributed by atoms with Crippen LogP contribution in [0.5, 0.6) is 11.5 Å². The van der Waals surface area contributed by atoms with Gasteiger partial charge >= 0.3 is 0 Å². The van der Waals surface area contributed by atoms with Gasteiger partial charge in [-0.3, -0.25) is 4.79 Å². The number of ether oxygens (including phenoxy) is 2. The molecule has 0 aromatic heterocycles. The van der Waals surface area contributed by atoms with Crippen molar-refractivity contribution in [1.82, 2.24) is 5.32 Å². The number of nitrogens with one attached hydrogen (secondary N) is 1. The lowest BCUT2D eigenvalue weighted by molar-refractivity contribution is 0.0950. The van der Waals surface area contributed by atoms with Crippen LogP contribution in [0.2, 0.25) is 10.0 Å². The Hall–Kier alpha value is -1.91. The van der Waals surface area contributed by atoms with Crippen molar-refractivity contribution in [3.05, 3.63) is 57.6 Å². The summed E-state index contributed by atoms with van der Waals surface area (Å²) < 4.78 is 11.0. The fourth-order valence-electron chi connectivity index (χ4n) is 2.17. The molecule has 0 saturated carbocycles. The Labute approximate surface area is 158 Å². The van der Waals surface area contributed by atoms with Crippen molar-refractivity contribution in [1.29, 1.82) is 0 Å². The molecule has 0 aliphatic heterocycles. The molecule has 4 nitrogen and oxygen atoms in total. The number of carbonyl (C=O) groups excluding carboxylic acids is 1. The maximum atomic E-state index is 12.4. The highest BCUT2D eigenvalue weighted by molar-refractivity contribution is 6.32. The molecule has 2 aromatic rings. The third-order valence-corrected chi connectivity index (χ3v) is 3.91. The predicted molar refractivity (Wildman–Crippen MR) is 101 cm³/mol. The summed E-state index contributed by atoms with van der Waals surface area (Å²) in [5.41, 5.74) is 1.32. The summed E-state index contributed by atoms with van der Waals surface area (Å²) in [7, 11) is 1.52. The Morgan fingerprint density at radius 1 is 1.20 bits per heavy atom. The molecule has 2 aromatic carbocycles. The number of halogens is 2. The molecule has 1 N–H and O–H groups in total. The van der Waals surface area contributed by atoms with Crippen molar-refractivity contribution in [2.45, 2.75) is 20.4 Å². The van der Waals surface area contributed by atoms with Crippen LogP contribution in [0.25, 0.3) is 0 Å². The zero-order valence-corrected chi connectivity index (χ0v) is 15.9. The molecule has 0 radical (unpaired) electrons. The number of carbonyl (C=O) groups is 1. The second kappa shape index (κ2) is 8.97. The van der Waals surface area contributed by atoms with Crippen LogP contribution in [-0.4, -0.2) is 19.6 Å². The monoisotopic (exact) mass is 381 g/mol. The SMILES string of the molecule is COc1cc(C(=O)NCc2cccc(Cl)c2)cc(Cl)c1OCC(C)C. The standard InChI is InChI=1S/C19H21Cl2NO3/c1-12(2)11-25-18-16(21)8-14(9-17(18)24-3)19(23)22-10-13-5-4-6-15(20)7-13/h4-9,12H,10-11H2,1-3H3,(H,22,23). The highest BCUT2D eigenvalue weighted by Crippen LogP contribution is 2.36. The molecule has 1 amide bonds. The van der Waals surface area contributed by atoms with Gasteiger partial charge in [0.15, 0.2) is 11.5 Å². The summed E-state index contributed by atoms with van der Waals surface area (Å²) in [6, 6.07) is 10.5. The van der Waals surface area contributed by atoms with Gasteiger partial charge in [-0.05, 0) is 35.7 Å². The van der Waals surface area contributed by atoms with E-state index in [2.05, 4.69) is 5.32 Å². The highest BCUT2D eigenvalue weighted by Gasteiger charge is 2.16. The van der Waals surface area contributed by atoms with Gasteiger partial charge in [-0.25, -0.2) is 0 Å². The van der Waals surface area contributed by atoms with Crippen LogP contribution in [0, 0.1) is 5.92 Å². The first-order valence-corrected chi connectivity index (χ1v) is 8.69. The molecule has 0 aliphatic rings. The van der Waals surface area contributed by atoms with E-state index in [1.54, 1.807) is 24.3 Å². The van der Waals surface area contributed by atoms with Gasteiger partial charge in [0.1, 0.15) is 0 Å². The van der Waals surface area contributed by atoms with Crippen molar-refractivity contribution in [2.75, 3.05) is 13.7 Å². The van der Waals surface area contributed by atoms with Gasteiger partial charge in [0.25, 0.3) is 5.91 Å². The lowest BCUT2D eigenvalue weighted by atomic mass is 10.1. The molecular weight excluding hydrogens is 361 g/mol. The molecule has 0 aliphatic carbocycles. The first-order valence-electron chi connectivity index (χ1n) is 7.93. The number of rotatable bonds is 7. The van der Waals surface area contributed by atoms with Crippen LogP contribution in [0.3, 0.4) is 0 Å². The van der Waals surface area contributed by atoms with Gasteiger partial charge < -0.3 is 14.8 Å². The molecule has 134 valence electrons.